The Balaban J connectivity index is 2.28. The van der Waals surface area contributed by atoms with Crippen molar-refractivity contribution < 1.29 is 18.0 Å². The third kappa shape index (κ3) is 2.82. The Morgan fingerprint density at radius 2 is 1.79 bits per heavy atom. The van der Waals surface area contributed by atoms with Crippen molar-refractivity contribution in [3.05, 3.63) is 53.5 Å². The molecule has 7 heteroatoms. The number of anilines is 2. The summed E-state index contributed by atoms with van der Waals surface area (Å²) in [4.78, 5) is 15.2. The second-order valence-electron chi connectivity index (χ2n) is 3.67. The number of amides is 1. The van der Waals surface area contributed by atoms with Crippen molar-refractivity contribution in [2.24, 2.45) is 0 Å². The first-order valence-corrected chi connectivity index (χ1v) is 5.15. The van der Waals surface area contributed by atoms with E-state index in [4.69, 9.17) is 5.73 Å². The Morgan fingerprint density at radius 3 is 2.42 bits per heavy atom. The lowest BCUT2D eigenvalue weighted by Gasteiger charge is -2.07. The molecule has 0 atom stereocenters. The van der Waals surface area contributed by atoms with Crippen molar-refractivity contribution in [3.8, 4) is 0 Å². The van der Waals surface area contributed by atoms with Crippen molar-refractivity contribution in [2.75, 3.05) is 11.1 Å². The molecule has 0 fully saturated rings. The number of carbonyl (C=O) groups excluding carboxylic acids is 1. The summed E-state index contributed by atoms with van der Waals surface area (Å²) in [5, 5.41) is 2.17. The number of nitrogens with one attached hydrogen (secondary N) is 1. The van der Waals surface area contributed by atoms with E-state index in [1.165, 1.54) is 0 Å². The van der Waals surface area contributed by atoms with E-state index in [0.29, 0.717) is 6.07 Å². The van der Waals surface area contributed by atoms with E-state index < -0.39 is 29.2 Å². The van der Waals surface area contributed by atoms with Gasteiger partial charge >= 0.3 is 0 Å². The van der Waals surface area contributed by atoms with Gasteiger partial charge in [-0.25, -0.2) is 18.2 Å². The fourth-order valence-corrected chi connectivity index (χ4v) is 1.46. The van der Waals surface area contributed by atoms with Crippen molar-refractivity contribution >= 4 is 17.4 Å². The molecule has 2 rings (SSSR count). The zero-order valence-corrected chi connectivity index (χ0v) is 9.45. The minimum absolute atomic E-state index is 0.128. The van der Waals surface area contributed by atoms with Crippen LogP contribution in [0.25, 0.3) is 0 Å². The van der Waals surface area contributed by atoms with E-state index in [0.717, 1.165) is 24.4 Å². The van der Waals surface area contributed by atoms with E-state index >= 15 is 0 Å². The van der Waals surface area contributed by atoms with Crippen LogP contribution in [-0.4, -0.2) is 10.9 Å². The predicted molar refractivity (Wildman–Crippen MR) is 62.9 cm³/mol. The number of rotatable bonds is 2. The van der Waals surface area contributed by atoms with Crippen LogP contribution in [-0.2, 0) is 0 Å². The number of hydrogen-bond donors (Lipinski definition) is 2. The van der Waals surface area contributed by atoms with Crippen LogP contribution in [0, 0.1) is 17.5 Å². The molecule has 1 heterocycles. The van der Waals surface area contributed by atoms with Crippen LogP contribution in [0.3, 0.4) is 0 Å². The second-order valence-corrected chi connectivity index (χ2v) is 3.67. The SMILES string of the molecule is Nc1nccc(C(=O)Nc2cc(F)cc(F)c2)c1F. The van der Waals surface area contributed by atoms with Gasteiger partial charge in [0.2, 0.25) is 0 Å². The predicted octanol–water partition coefficient (Wildman–Crippen LogP) is 2.33. The van der Waals surface area contributed by atoms with Crippen molar-refractivity contribution in [1.82, 2.24) is 4.98 Å². The fraction of sp³-hybridized carbons (Fsp3) is 0. The van der Waals surface area contributed by atoms with E-state index in [1.807, 2.05) is 0 Å². The van der Waals surface area contributed by atoms with Gasteiger partial charge in [0.1, 0.15) is 11.6 Å². The minimum Gasteiger partial charge on any atom is -0.381 e. The smallest absolute Gasteiger partial charge is 0.258 e. The highest BCUT2D eigenvalue weighted by Gasteiger charge is 2.15. The molecule has 0 saturated heterocycles. The lowest BCUT2D eigenvalue weighted by Crippen LogP contribution is -2.15. The molecular formula is C12H8F3N3O. The molecule has 1 amide bonds. The molecule has 1 aromatic heterocycles. The first-order valence-electron chi connectivity index (χ1n) is 5.15. The number of benzene rings is 1. The van der Waals surface area contributed by atoms with Gasteiger partial charge in [0.05, 0.1) is 5.56 Å². The van der Waals surface area contributed by atoms with Gasteiger partial charge < -0.3 is 11.1 Å². The van der Waals surface area contributed by atoms with E-state index in [-0.39, 0.29) is 11.3 Å². The van der Waals surface area contributed by atoms with Crippen LogP contribution in [0.2, 0.25) is 0 Å². The maximum Gasteiger partial charge on any atom is 0.258 e. The lowest BCUT2D eigenvalue weighted by molar-refractivity contribution is 0.102. The molecule has 1 aromatic carbocycles. The average Bonchev–Trinajstić information content (AvgIpc) is 2.31. The number of hydrogen-bond acceptors (Lipinski definition) is 3. The minimum atomic E-state index is -0.989. The largest absolute Gasteiger partial charge is 0.381 e. The first-order chi connectivity index (χ1) is 8.97. The van der Waals surface area contributed by atoms with Gasteiger partial charge in [-0.15, -0.1) is 0 Å². The first kappa shape index (κ1) is 12.9. The van der Waals surface area contributed by atoms with Gasteiger partial charge in [0.15, 0.2) is 11.6 Å². The third-order valence-corrected chi connectivity index (χ3v) is 2.28. The van der Waals surface area contributed by atoms with Gasteiger partial charge in [0.25, 0.3) is 5.91 Å². The summed E-state index contributed by atoms with van der Waals surface area (Å²) in [5.41, 5.74) is 4.72. The zero-order valence-electron chi connectivity index (χ0n) is 9.45. The lowest BCUT2D eigenvalue weighted by atomic mass is 10.2. The molecule has 0 unspecified atom stereocenters. The molecule has 2 aromatic rings. The summed E-state index contributed by atoms with van der Waals surface area (Å²) < 4.78 is 39.4. The Labute approximate surface area is 106 Å². The number of halogens is 3. The number of nitrogens with two attached hydrogens (primary N) is 1. The molecule has 98 valence electrons. The number of carbonyl (C=O) groups is 1. The van der Waals surface area contributed by atoms with E-state index in [9.17, 15) is 18.0 Å². The molecule has 0 aliphatic carbocycles. The Kier molecular flexibility index (Phi) is 3.37. The molecule has 0 saturated carbocycles. The normalized spacial score (nSPS) is 10.3. The van der Waals surface area contributed by atoms with Crippen LogP contribution in [0.1, 0.15) is 10.4 Å². The molecule has 19 heavy (non-hydrogen) atoms. The average molecular weight is 267 g/mol. The van der Waals surface area contributed by atoms with Crippen molar-refractivity contribution in [1.29, 1.82) is 0 Å². The van der Waals surface area contributed by atoms with Crippen LogP contribution >= 0.6 is 0 Å². The maximum absolute atomic E-state index is 13.5. The van der Waals surface area contributed by atoms with Gasteiger partial charge in [0, 0.05) is 18.0 Å². The standard InChI is InChI=1S/C12H8F3N3O/c13-6-3-7(14)5-8(4-6)18-12(19)9-1-2-17-11(16)10(9)15/h1-5H,(H2,16,17)(H,18,19). The number of nitrogen functional groups attached to an aromatic ring is 1. The van der Waals surface area contributed by atoms with Gasteiger partial charge in [-0.05, 0) is 18.2 Å². The molecule has 0 radical (unpaired) electrons. The molecule has 4 nitrogen and oxygen atoms in total. The van der Waals surface area contributed by atoms with Crippen LogP contribution < -0.4 is 11.1 Å². The summed E-state index contributed by atoms with van der Waals surface area (Å²) in [5.74, 6) is -4.01. The third-order valence-electron chi connectivity index (χ3n) is 2.28. The number of nitrogens with zero attached hydrogens (tertiary/aromatic N) is 1. The summed E-state index contributed by atoms with van der Waals surface area (Å²) in [6, 6.07) is 3.57. The number of aromatic nitrogens is 1. The molecule has 0 aliphatic heterocycles. The summed E-state index contributed by atoms with van der Waals surface area (Å²) in [6.45, 7) is 0. The highest BCUT2D eigenvalue weighted by atomic mass is 19.1. The zero-order chi connectivity index (χ0) is 14.0. The van der Waals surface area contributed by atoms with Crippen molar-refractivity contribution in [3.63, 3.8) is 0 Å². The van der Waals surface area contributed by atoms with Crippen molar-refractivity contribution in [2.45, 2.75) is 0 Å². The van der Waals surface area contributed by atoms with Crippen LogP contribution in [0.5, 0.6) is 0 Å². The molecular weight excluding hydrogens is 259 g/mol. The Bertz CT molecular complexity index is 626. The summed E-state index contributed by atoms with van der Waals surface area (Å²) in [6.07, 6.45) is 1.15. The van der Waals surface area contributed by atoms with E-state index in [2.05, 4.69) is 10.3 Å². The van der Waals surface area contributed by atoms with Crippen LogP contribution in [0.4, 0.5) is 24.7 Å². The maximum atomic E-state index is 13.5. The topological polar surface area (TPSA) is 68.0 Å². The molecule has 0 bridgehead atoms. The van der Waals surface area contributed by atoms with Gasteiger partial charge in [-0.2, -0.15) is 0 Å². The summed E-state index contributed by atoms with van der Waals surface area (Å²) >= 11 is 0. The molecule has 0 spiro atoms. The quantitative estimate of drug-likeness (QED) is 0.877. The van der Waals surface area contributed by atoms with E-state index in [1.54, 1.807) is 0 Å². The van der Waals surface area contributed by atoms with Gasteiger partial charge in [-0.1, -0.05) is 0 Å². The fourth-order valence-electron chi connectivity index (χ4n) is 1.46. The molecule has 3 N–H and O–H groups in total. The Morgan fingerprint density at radius 1 is 1.16 bits per heavy atom. The molecule has 0 aliphatic rings. The monoisotopic (exact) mass is 267 g/mol. The van der Waals surface area contributed by atoms with Gasteiger partial charge in [-0.3, -0.25) is 4.79 Å². The highest BCUT2D eigenvalue weighted by Crippen LogP contribution is 2.16. The van der Waals surface area contributed by atoms with Crippen LogP contribution in [0.15, 0.2) is 30.5 Å². The highest BCUT2D eigenvalue weighted by molar-refractivity contribution is 6.04. The Hall–Kier alpha value is -2.57. The second kappa shape index (κ2) is 4.97. The number of pyridine rings is 1. The summed E-state index contributed by atoms with van der Waals surface area (Å²) in [7, 11) is 0.